The lowest BCUT2D eigenvalue weighted by atomic mass is 10.0. The van der Waals surface area contributed by atoms with Gasteiger partial charge in [-0.05, 0) is 35.7 Å². The second-order valence-electron chi connectivity index (χ2n) is 3.58. The molecule has 0 fully saturated rings. The highest BCUT2D eigenvalue weighted by molar-refractivity contribution is 9.10. The Bertz CT molecular complexity index is 524. The van der Waals surface area contributed by atoms with Crippen molar-refractivity contribution in [3.05, 3.63) is 52.2 Å². The molecule has 3 rings (SSSR count). The van der Waals surface area contributed by atoms with Crippen molar-refractivity contribution in [3.63, 3.8) is 0 Å². The minimum atomic E-state index is 0.922. The summed E-state index contributed by atoms with van der Waals surface area (Å²) >= 11 is 3.58. The summed E-state index contributed by atoms with van der Waals surface area (Å²) < 4.78 is 6.55. The van der Waals surface area contributed by atoms with Crippen LogP contribution in [0, 0.1) is 0 Å². The molecule has 74 valence electrons. The zero-order valence-corrected chi connectivity index (χ0v) is 9.62. The van der Waals surface area contributed by atoms with Gasteiger partial charge >= 0.3 is 0 Å². The Morgan fingerprint density at radius 2 is 2.13 bits per heavy atom. The molecule has 0 spiro atoms. The van der Waals surface area contributed by atoms with Crippen molar-refractivity contribution in [2.45, 2.75) is 6.42 Å². The lowest BCUT2D eigenvalue weighted by Gasteiger charge is -2.07. The van der Waals surface area contributed by atoms with Gasteiger partial charge in [0.05, 0.1) is 6.26 Å². The van der Waals surface area contributed by atoms with E-state index in [9.17, 15) is 0 Å². The van der Waals surface area contributed by atoms with Crippen molar-refractivity contribution in [2.75, 3.05) is 0 Å². The van der Waals surface area contributed by atoms with Crippen LogP contribution in [0.5, 0.6) is 0 Å². The van der Waals surface area contributed by atoms with Crippen LogP contribution in [0.25, 0.3) is 17.4 Å². The third kappa shape index (κ3) is 1.37. The molecular formula is C13H9BrO. The summed E-state index contributed by atoms with van der Waals surface area (Å²) in [6.45, 7) is 0. The molecular weight excluding hydrogens is 252 g/mol. The Labute approximate surface area is 96.5 Å². The quantitative estimate of drug-likeness (QED) is 0.746. The maximum atomic E-state index is 5.46. The number of hydrogen-bond acceptors (Lipinski definition) is 1. The van der Waals surface area contributed by atoms with Gasteiger partial charge in [0.25, 0.3) is 0 Å². The Morgan fingerprint density at radius 1 is 1.20 bits per heavy atom. The number of furan rings is 1. The van der Waals surface area contributed by atoms with E-state index in [4.69, 9.17) is 4.42 Å². The van der Waals surface area contributed by atoms with Gasteiger partial charge in [0.2, 0.25) is 0 Å². The Morgan fingerprint density at radius 3 is 2.93 bits per heavy atom. The predicted octanol–water partition coefficient (Wildman–Crippen LogP) is 4.28. The molecule has 1 aromatic heterocycles. The van der Waals surface area contributed by atoms with Gasteiger partial charge in [0.1, 0.15) is 5.76 Å². The monoisotopic (exact) mass is 260 g/mol. The van der Waals surface area contributed by atoms with Crippen molar-refractivity contribution in [3.8, 4) is 11.3 Å². The van der Waals surface area contributed by atoms with Crippen molar-refractivity contribution in [2.24, 2.45) is 0 Å². The van der Waals surface area contributed by atoms with E-state index < -0.39 is 0 Å². The topological polar surface area (TPSA) is 13.1 Å². The molecule has 0 atom stereocenters. The molecule has 0 aliphatic heterocycles. The fourth-order valence-corrected chi connectivity index (χ4v) is 2.52. The SMILES string of the molecule is Brc1ccc2c(c1-c1ccco1)C=CC2. The van der Waals surface area contributed by atoms with Crippen LogP contribution < -0.4 is 0 Å². The summed E-state index contributed by atoms with van der Waals surface area (Å²) in [5.41, 5.74) is 3.80. The molecule has 1 heterocycles. The molecule has 1 aliphatic rings. The van der Waals surface area contributed by atoms with E-state index in [-0.39, 0.29) is 0 Å². The van der Waals surface area contributed by atoms with Gasteiger partial charge in [-0.25, -0.2) is 0 Å². The number of benzene rings is 1. The standard InChI is InChI=1S/C13H9BrO/c14-11-7-6-9-3-1-4-10(9)13(11)12-5-2-8-15-12/h1-2,4-8H,3H2. The molecule has 0 unspecified atom stereocenters. The van der Waals surface area contributed by atoms with Crippen LogP contribution in [-0.4, -0.2) is 0 Å². The van der Waals surface area contributed by atoms with Crippen LogP contribution in [0.15, 0.2) is 45.5 Å². The normalized spacial score (nSPS) is 13.1. The lowest BCUT2D eigenvalue weighted by molar-refractivity contribution is 0.582. The van der Waals surface area contributed by atoms with Crippen LogP contribution in [-0.2, 0) is 6.42 Å². The fourth-order valence-electron chi connectivity index (χ4n) is 1.98. The molecule has 1 aliphatic carbocycles. The minimum Gasteiger partial charge on any atom is -0.464 e. The number of hydrogen-bond donors (Lipinski definition) is 0. The van der Waals surface area contributed by atoms with Gasteiger partial charge in [-0.15, -0.1) is 0 Å². The third-order valence-corrected chi connectivity index (χ3v) is 3.34. The zero-order chi connectivity index (χ0) is 10.3. The molecule has 0 saturated heterocycles. The highest BCUT2D eigenvalue weighted by Crippen LogP contribution is 2.37. The van der Waals surface area contributed by atoms with E-state index >= 15 is 0 Å². The minimum absolute atomic E-state index is 0.922. The van der Waals surface area contributed by atoms with Gasteiger partial charge < -0.3 is 4.42 Å². The van der Waals surface area contributed by atoms with Gasteiger partial charge in [0, 0.05) is 10.0 Å². The largest absolute Gasteiger partial charge is 0.464 e. The smallest absolute Gasteiger partial charge is 0.135 e. The van der Waals surface area contributed by atoms with E-state index in [1.165, 1.54) is 11.1 Å². The molecule has 1 aromatic carbocycles. The molecule has 15 heavy (non-hydrogen) atoms. The number of fused-ring (bicyclic) bond motifs is 1. The first kappa shape index (κ1) is 8.98. The summed E-state index contributed by atoms with van der Waals surface area (Å²) in [5.74, 6) is 0.922. The molecule has 1 nitrogen and oxygen atoms in total. The maximum Gasteiger partial charge on any atom is 0.135 e. The van der Waals surface area contributed by atoms with Crippen LogP contribution in [0.4, 0.5) is 0 Å². The summed E-state index contributed by atoms with van der Waals surface area (Å²) in [7, 11) is 0. The van der Waals surface area contributed by atoms with Crippen molar-refractivity contribution >= 4 is 22.0 Å². The third-order valence-electron chi connectivity index (χ3n) is 2.67. The highest BCUT2D eigenvalue weighted by atomic mass is 79.9. The first-order valence-electron chi connectivity index (χ1n) is 4.88. The highest BCUT2D eigenvalue weighted by Gasteiger charge is 2.15. The summed E-state index contributed by atoms with van der Waals surface area (Å²) in [5, 5.41) is 0. The van der Waals surface area contributed by atoms with Crippen molar-refractivity contribution in [1.29, 1.82) is 0 Å². The van der Waals surface area contributed by atoms with E-state index in [1.807, 2.05) is 12.1 Å². The zero-order valence-electron chi connectivity index (χ0n) is 8.03. The molecule has 2 heteroatoms. The Kier molecular flexibility index (Phi) is 2.03. The second-order valence-corrected chi connectivity index (χ2v) is 4.43. The molecule has 0 N–H and O–H groups in total. The van der Waals surface area contributed by atoms with E-state index in [0.717, 1.165) is 22.2 Å². The number of halogens is 1. The number of allylic oxidation sites excluding steroid dienone is 1. The van der Waals surface area contributed by atoms with E-state index in [2.05, 4.69) is 40.2 Å². The van der Waals surface area contributed by atoms with Gasteiger partial charge in [-0.3, -0.25) is 0 Å². The predicted molar refractivity (Wildman–Crippen MR) is 64.6 cm³/mol. The summed E-state index contributed by atoms with van der Waals surface area (Å²) in [6.07, 6.45) is 7.08. The van der Waals surface area contributed by atoms with Crippen LogP contribution in [0.3, 0.4) is 0 Å². The lowest BCUT2D eigenvalue weighted by Crippen LogP contribution is -1.87. The number of rotatable bonds is 1. The van der Waals surface area contributed by atoms with E-state index in [1.54, 1.807) is 6.26 Å². The molecule has 0 amide bonds. The Balaban J connectivity index is 2.30. The first-order chi connectivity index (χ1) is 7.36. The maximum absolute atomic E-state index is 5.46. The Hall–Kier alpha value is -1.28. The van der Waals surface area contributed by atoms with Crippen LogP contribution in [0.1, 0.15) is 11.1 Å². The molecule has 0 saturated carbocycles. The van der Waals surface area contributed by atoms with Gasteiger partial charge in [-0.1, -0.05) is 34.1 Å². The average Bonchev–Trinajstić information content (AvgIpc) is 2.85. The van der Waals surface area contributed by atoms with Crippen molar-refractivity contribution in [1.82, 2.24) is 0 Å². The van der Waals surface area contributed by atoms with E-state index in [0.29, 0.717) is 0 Å². The molecule has 0 radical (unpaired) electrons. The first-order valence-corrected chi connectivity index (χ1v) is 5.67. The van der Waals surface area contributed by atoms with Crippen LogP contribution >= 0.6 is 15.9 Å². The summed E-state index contributed by atoms with van der Waals surface area (Å²) in [4.78, 5) is 0. The van der Waals surface area contributed by atoms with Gasteiger partial charge in [-0.2, -0.15) is 0 Å². The average molecular weight is 261 g/mol. The van der Waals surface area contributed by atoms with Crippen LogP contribution in [0.2, 0.25) is 0 Å². The van der Waals surface area contributed by atoms with Gasteiger partial charge in [0.15, 0.2) is 0 Å². The second kappa shape index (κ2) is 3.38. The fraction of sp³-hybridized carbons (Fsp3) is 0.0769. The van der Waals surface area contributed by atoms with Crippen molar-refractivity contribution < 1.29 is 4.42 Å². The molecule has 0 bridgehead atoms. The molecule has 2 aromatic rings. The summed E-state index contributed by atoms with van der Waals surface area (Å²) in [6, 6.07) is 8.15.